The Kier molecular flexibility index (Phi) is 5.68. The maximum Gasteiger partial charge on any atom is 0.573 e. The number of halogens is 3. The number of carbonyl (C=O) groups excluding carboxylic acids is 1. The van der Waals surface area contributed by atoms with E-state index in [0.717, 1.165) is 6.54 Å². The summed E-state index contributed by atoms with van der Waals surface area (Å²) in [6, 6.07) is 5.57. The van der Waals surface area contributed by atoms with E-state index in [1.807, 2.05) is 13.8 Å². The van der Waals surface area contributed by atoms with Gasteiger partial charge in [0.25, 0.3) is 0 Å². The summed E-state index contributed by atoms with van der Waals surface area (Å²) >= 11 is 0. The van der Waals surface area contributed by atoms with Gasteiger partial charge in [0.2, 0.25) is 0 Å². The average Bonchev–Trinajstić information content (AvgIpc) is 3.26. The average molecular weight is 329 g/mol. The van der Waals surface area contributed by atoms with E-state index >= 15 is 0 Å². The van der Waals surface area contributed by atoms with Crippen molar-refractivity contribution in [2.24, 2.45) is 11.8 Å². The molecule has 0 unspecified atom stereocenters. The number of hydrogen-bond donors (Lipinski definition) is 1. The highest BCUT2D eigenvalue weighted by molar-refractivity contribution is 5.87. The van der Waals surface area contributed by atoms with Crippen molar-refractivity contribution in [3.63, 3.8) is 0 Å². The first kappa shape index (κ1) is 17.8. The smallest absolute Gasteiger partial charge is 0.406 e. The molecule has 0 amide bonds. The van der Waals surface area contributed by atoms with E-state index in [0.29, 0.717) is 18.0 Å². The molecule has 1 aromatic carbocycles. The van der Waals surface area contributed by atoms with Crippen LogP contribution in [0.5, 0.6) is 5.75 Å². The van der Waals surface area contributed by atoms with Crippen molar-refractivity contribution < 1.29 is 22.7 Å². The molecular formula is C17H22F3NO2. The van der Waals surface area contributed by atoms with Gasteiger partial charge in [-0.15, -0.1) is 13.2 Å². The van der Waals surface area contributed by atoms with Crippen LogP contribution in [0, 0.1) is 11.8 Å². The Labute approximate surface area is 134 Å². The highest BCUT2D eigenvalue weighted by Gasteiger charge is 2.31. The number of alkyl halides is 3. The maximum absolute atomic E-state index is 12.4. The summed E-state index contributed by atoms with van der Waals surface area (Å²) in [5.74, 6) is 0.0237. The SMILES string of the molecule is CC(C)C(=O)[C@H](CNCC1CC1)c1ccc(OC(F)(F)F)cc1. The predicted molar refractivity (Wildman–Crippen MR) is 81.3 cm³/mol. The lowest BCUT2D eigenvalue weighted by Gasteiger charge is -2.19. The highest BCUT2D eigenvalue weighted by atomic mass is 19.4. The molecule has 0 saturated heterocycles. The van der Waals surface area contributed by atoms with Gasteiger partial charge in [0.1, 0.15) is 11.5 Å². The van der Waals surface area contributed by atoms with Gasteiger partial charge in [-0.2, -0.15) is 0 Å². The van der Waals surface area contributed by atoms with Crippen molar-refractivity contribution in [2.75, 3.05) is 13.1 Å². The number of hydrogen-bond acceptors (Lipinski definition) is 3. The summed E-state index contributed by atoms with van der Waals surface area (Å²) < 4.78 is 40.5. The van der Waals surface area contributed by atoms with E-state index in [9.17, 15) is 18.0 Å². The molecule has 1 fully saturated rings. The number of ketones is 1. The summed E-state index contributed by atoms with van der Waals surface area (Å²) in [4.78, 5) is 12.4. The number of rotatable bonds is 8. The van der Waals surface area contributed by atoms with Crippen LogP contribution in [0.25, 0.3) is 0 Å². The Morgan fingerprint density at radius 3 is 2.35 bits per heavy atom. The molecule has 2 rings (SSSR count). The van der Waals surface area contributed by atoms with E-state index in [-0.39, 0.29) is 23.4 Å². The van der Waals surface area contributed by atoms with Crippen LogP contribution in [0.15, 0.2) is 24.3 Å². The number of nitrogens with one attached hydrogen (secondary N) is 1. The topological polar surface area (TPSA) is 38.3 Å². The van der Waals surface area contributed by atoms with Crippen molar-refractivity contribution in [3.05, 3.63) is 29.8 Å². The number of benzene rings is 1. The molecule has 0 heterocycles. The Bertz CT molecular complexity index is 522. The summed E-state index contributed by atoms with van der Waals surface area (Å²) in [7, 11) is 0. The van der Waals surface area contributed by atoms with E-state index in [2.05, 4.69) is 10.1 Å². The zero-order valence-electron chi connectivity index (χ0n) is 13.3. The minimum atomic E-state index is -4.71. The van der Waals surface area contributed by atoms with Gasteiger partial charge in [-0.25, -0.2) is 0 Å². The van der Waals surface area contributed by atoms with Crippen molar-refractivity contribution >= 4 is 5.78 Å². The predicted octanol–water partition coefficient (Wildman–Crippen LogP) is 3.89. The molecule has 1 aliphatic carbocycles. The maximum atomic E-state index is 12.4. The third-order valence-electron chi connectivity index (χ3n) is 3.91. The van der Waals surface area contributed by atoms with Crippen molar-refractivity contribution in [1.82, 2.24) is 5.32 Å². The van der Waals surface area contributed by atoms with Gasteiger partial charge in [-0.05, 0) is 43.0 Å². The molecule has 0 aromatic heterocycles. The second kappa shape index (κ2) is 7.34. The van der Waals surface area contributed by atoms with Gasteiger partial charge in [0, 0.05) is 12.5 Å². The zero-order chi connectivity index (χ0) is 17.0. The fourth-order valence-electron chi connectivity index (χ4n) is 2.44. The van der Waals surface area contributed by atoms with E-state index in [1.165, 1.54) is 37.1 Å². The van der Waals surface area contributed by atoms with Crippen LogP contribution in [-0.4, -0.2) is 25.2 Å². The first-order valence-corrected chi connectivity index (χ1v) is 7.86. The zero-order valence-corrected chi connectivity index (χ0v) is 13.3. The molecule has 1 atom stereocenters. The van der Waals surface area contributed by atoms with Crippen LogP contribution in [-0.2, 0) is 4.79 Å². The molecule has 0 bridgehead atoms. The number of ether oxygens (including phenoxy) is 1. The first-order chi connectivity index (χ1) is 10.8. The van der Waals surface area contributed by atoms with E-state index < -0.39 is 6.36 Å². The van der Waals surface area contributed by atoms with Gasteiger partial charge in [0.15, 0.2) is 0 Å². The molecule has 0 spiro atoms. The summed E-state index contributed by atoms with van der Waals surface area (Å²) in [6.07, 6.45) is -2.26. The number of carbonyl (C=O) groups is 1. The largest absolute Gasteiger partial charge is 0.573 e. The molecular weight excluding hydrogens is 307 g/mol. The van der Waals surface area contributed by atoms with Gasteiger partial charge in [-0.1, -0.05) is 26.0 Å². The summed E-state index contributed by atoms with van der Waals surface area (Å²) in [6.45, 7) is 5.05. The third-order valence-corrected chi connectivity index (χ3v) is 3.91. The molecule has 3 nitrogen and oxygen atoms in total. The molecule has 1 saturated carbocycles. The van der Waals surface area contributed by atoms with Crippen molar-refractivity contribution in [3.8, 4) is 5.75 Å². The monoisotopic (exact) mass is 329 g/mol. The normalized spacial score (nSPS) is 16.4. The molecule has 1 aromatic rings. The van der Waals surface area contributed by atoms with Gasteiger partial charge in [-0.3, -0.25) is 4.79 Å². The molecule has 0 radical (unpaired) electrons. The van der Waals surface area contributed by atoms with Gasteiger partial charge in [0.05, 0.1) is 5.92 Å². The fourth-order valence-corrected chi connectivity index (χ4v) is 2.44. The Balaban J connectivity index is 2.05. The molecule has 1 aliphatic rings. The van der Waals surface area contributed by atoms with Crippen LogP contribution in [0.1, 0.15) is 38.2 Å². The Morgan fingerprint density at radius 1 is 1.26 bits per heavy atom. The minimum absolute atomic E-state index is 0.0813. The number of Topliss-reactive ketones (excluding diaryl/α,β-unsaturated/α-hetero) is 1. The third kappa shape index (κ3) is 5.86. The fraction of sp³-hybridized carbons (Fsp3) is 0.588. The lowest BCUT2D eigenvalue weighted by Crippen LogP contribution is -2.30. The van der Waals surface area contributed by atoms with E-state index in [4.69, 9.17) is 0 Å². The quantitative estimate of drug-likeness (QED) is 0.786. The molecule has 23 heavy (non-hydrogen) atoms. The molecule has 0 aliphatic heterocycles. The Hall–Kier alpha value is -1.56. The van der Waals surface area contributed by atoms with Crippen LogP contribution in [0.4, 0.5) is 13.2 Å². The molecule has 1 N–H and O–H groups in total. The van der Waals surface area contributed by atoms with Gasteiger partial charge < -0.3 is 10.1 Å². The van der Waals surface area contributed by atoms with Crippen LogP contribution in [0.2, 0.25) is 0 Å². The lowest BCUT2D eigenvalue weighted by atomic mass is 9.88. The first-order valence-electron chi connectivity index (χ1n) is 7.86. The molecule has 128 valence electrons. The standard InChI is InChI=1S/C17H22F3NO2/c1-11(2)16(22)15(10-21-9-12-3-4-12)13-5-7-14(8-6-13)23-17(18,19)20/h5-8,11-12,15,21H,3-4,9-10H2,1-2H3/t15-/m1/s1. The minimum Gasteiger partial charge on any atom is -0.406 e. The summed E-state index contributed by atoms with van der Waals surface area (Å²) in [5, 5.41) is 3.30. The van der Waals surface area contributed by atoms with Crippen LogP contribution in [0.3, 0.4) is 0 Å². The van der Waals surface area contributed by atoms with Crippen LogP contribution >= 0.6 is 0 Å². The lowest BCUT2D eigenvalue weighted by molar-refractivity contribution is -0.274. The van der Waals surface area contributed by atoms with Crippen LogP contribution < -0.4 is 10.1 Å². The Morgan fingerprint density at radius 2 is 1.87 bits per heavy atom. The molecule has 6 heteroatoms. The summed E-state index contributed by atoms with van der Waals surface area (Å²) in [5.41, 5.74) is 0.710. The highest BCUT2D eigenvalue weighted by Crippen LogP contribution is 2.29. The second-order valence-corrected chi connectivity index (χ2v) is 6.33. The van der Waals surface area contributed by atoms with Crippen molar-refractivity contribution in [2.45, 2.75) is 39.0 Å². The second-order valence-electron chi connectivity index (χ2n) is 6.33. The van der Waals surface area contributed by atoms with E-state index in [1.54, 1.807) is 0 Å². The van der Waals surface area contributed by atoms with Crippen molar-refractivity contribution in [1.29, 1.82) is 0 Å². The van der Waals surface area contributed by atoms with Gasteiger partial charge >= 0.3 is 6.36 Å².